The molecule has 1 unspecified atom stereocenters. The van der Waals surface area contributed by atoms with Gasteiger partial charge in [-0.05, 0) is 25.1 Å². The van der Waals surface area contributed by atoms with Crippen LogP contribution < -0.4 is 5.32 Å². The van der Waals surface area contributed by atoms with E-state index in [9.17, 15) is 4.79 Å². The van der Waals surface area contributed by atoms with Crippen LogP contribution >= 0.6 is 0 Å². The van der Waals surface area contributed by atoms with Gasteiger partial charge in [0.05, 0.1) is 46.2 Å². The number of hydrogen-bond acceptors (Lipinski definition) is 5. The Morgan fingerprint density at radius 2 is 1.48 bits per heavy atom. The summed E-state index contributed by atoms with van der Waals surface area (Å²) in [6, 6.07) is 4.78. The van der Waals surface area contributed by atoms with Gasteiger partial charge in [0.2, 0.25) is 0 Å². The van der Waals surface area contributed by atoms with E-state index in [0.717, 1.165) is 0 Å². The highest BCUT2D eigenvalue weighted by Gasteiger charge is 2.11. The van der Waals surface area contributed by atoms with E-state index in [1.165, 1.54) is 0 Å². The van der Waals surface area contributed by atoms with E-state index in [1.54, 1.807) is 25.3 Å². The van der Waals surface area contributed by atoms with E-state index in [4.69, 9.17) is 31.8 Å². The van der Waals surface area contributed by atoms with Gasteiger partial charge in [-0.1, -0.05) is 11.8 Å². The quantitative estimate of drug-likeness (QED) is 0.419. The summed E-state index contributed by atoms with van der Waals surface area (Å²) in [5.41, 5.74) is 1.58. The van der Waals surface area contributed by atoms with Crippen LogP contribution in [0.5, 0.6) is 0 Å². The average Bonchev–Trinajstić information content (AvgIpc) is 2.68. The summed E-state index contributed by atoms with van der Waals surface area (Å²) < 4.78 is 21.0. The van der Waals surface area contributed by atoms with Crippen LogP contribution in [0.2, 0.25) is 0 Å². The Morgan fingerprint density at radius 1 is 0.963 bits per heavy atom. The highest BCUT2D eigenvalue weighted by molar-refractivity contribution is 5.95. The first kappa shape index (κ1) is 22.7. The lowest BCUT2D eigenvalue weighted by molar-refractivity contribution is 0.00150. The number of carbonyl (C=O) groups excluding carboxylic acids is 1. The van der Waals surface area contributed by atoms with Crippen LogP contribution in [0.4, 0.5) is 0 Å². The lowest BCUT2D eigenvalue weighted by atomic mass is 10.1. The molecule has 0 aliphatic rings. The number of nitrogens with one attached hydrogen (secondary N) is 1. The Balaban J connectivity index is 2.22. The minimum Gasteiger partial charge on any atom is -0.382 e. The highest BCUT2D eigenvalue weighted by atomic mass is 16.6. The minimum atomic E-state index is -0.246. The Labute approximate surface area is 161 Å². The molecule has 1 N–H and O–H groups in total. The normalized spacial score (nSPS) is 11.4. The van der Waals surface area contributed by atoms with Crippen molar-refractivity contribution in [3.05, 3.63) is 34.9 Å². The molecule has 1 amide bonds. The van der Waals surface area contributed by atoms with Crippen molar-refractivity contribution in [1.82, 2.24) is 5.32 Å². The molecule has 0 heterocycles. The maximum Gasteiger partial charge on any atom is 0.251 e. The second-order valence-corrected chi connectivity index (χ2v) is 5.75. The predicted molar refractivity (Wildman–Crippen MR) is 104 cm³/mol. The molecule has 0 saturated carbocycles. The van der Waals surface area contributed by atoms with Crippen molar-refractivity contribution >= 4 is 5.91 Å². The van der Waals surface area contributed by atoms with Crippen molar-refractivity contribution in [2.75, 3.05) is 53.4 Å². The summed E-state index contributed by atoms with van der Waals surface area (Å²) in [4.78, 5) is 12.3. The van der Waals surface area contributed by atoms with Crippen molar-refractivity contribution in [2.45, 2.75) is 13.0 Å². The van der Waals surface area contributed by atoms with Gasteiger partial charge < -0.3 is 24.3 Å². The zero-order valence-electron chi connectivity index (χ0n) is 16.0. The monoisotopic (exact) mass is 373 g/mol. The SMILES string of the molecule is C#Cc1cc(C#C)cc(C(=O)NC(C)COCCOCCOCCOC)c1. The van der Waals surface area contributed by atoms with Crippen LogP contribution in [0.15, 0.2) is 18.2 Å². The Hall–Kier alpha value is -2.35. The smallest absolute Gasteiger partial charge is 0.251 e. The van der Waals surface area contributed by atoms with Gasteiger partial charge in [0, 0.05) is 29.8 Å². The molecule has 146 valence electrons. The maximum absolute atomic E-state index is 12.3. The molecule has 1 atom stereocenters. The summed E-state index contributed by atoms with van der Waals surface area (Å²) in [5, 5.41) is 2.86. The molecular weight excluding hydrogens is 346 g/mol. The average molecular weight is 373 g/mol. The molecule has 1 aromatic carbocycles. The maximum atomic E-state index is 12.3. The molecule has 0 aromatic heterocycles. The molecule has 0 radical (unpaired) electrons. The van der Waals surface area contributed by atoms with E-state index in [-0.39, 0.29) is 11.9 Å². The molecule has 6 heteroatoms. The molecular formula is C21H27NO5. The van der Waals surface area contributed by atoms with Crippen LogP contribution in [-0.4, -0.2) is 65.3 Å². The van der Waals surface area contributed by atoms with E-state index >= 15 is 0 Å². The minimum absolute atomic E-state index is 0.168. The number of benzene rings is 1. The molecule has 1 aromatic rings. The van der Waals surface area contributed by atoms with Gasteiger partial charge in [0.15, 0.2) is 0 Å². The third-order valence-electron chi connectivity index (χ3n) is 3.45. The van der Waals surface area contributed by atoms with Crippen LogP contribution in [0.1, 0.15) is 28.4 Å². The second-order valence-electron chi connectivity index (χ2n) is 5.75. The Kier molecular flexibility index (Phi) is 11.6. The number of carbonyl (C=O) groups is 1. The zero-order valence-corrected chi connectivity index (χ0v) is 16.0. The number of hydrogen-bond donors (Lipinski definition) is 1. The number of methoxy groups -OCH3 is 1. The van der Waals surface area contributed by atoms with Crippen molar-refractivity contribution in [2.24, 2.45) is 0 Å². The number of amides is 1. The van der Waals surface area contributed by atoms with Gasteiger partial charge in [0.25, 0.3) is 5.91 Å². The van der Waals surface area contributed by atoms with Gasteiger partial charge in [0.1, 0.15) is 0 Å². The van der Waals surface area contributed by atoms with Gasteiger partial charge in [-0.15, -0.1) is 12.8 Å². The van der Waals surface area contributed by atoms with E-state index in [1.807, 2.05) is 6.92 Å². The molecule has 1 rings (SSSR count). The van der Waals surface area contributed by atoms with Crippen molar-refractivity contribution in [1.29, 1.82) is 0 Å². The molecule has 0 saturated heterocycles. The standard InChI is InChI=1S/C21H27NO5/c1-5-18-13-19(6-2)15-20(14-18)21(23)22-17(3)16-27-12-11-26-10-9-25-8-7-24-4/h1-2,13-15,17H,7-12,16H2,3-4H3,(H,22,23). The summed E-state index contributed by atoms with van der Waals surface area (Å²) >= 11 is 0. The number of terminal acetylenes is 2. The summed E-state index contributed by atoms with van der Waals surface area (Å²) in [6.45, 7) is 5.28. The Morgan fingerprint density at radius 3 is 2.00 bits per heavy atom. The fraction of sp³-hybridized carbons (Fsp3) is 0.476. The lowest BCUT2D eigenvalue weighted by Crippen LogP contribution is -2.36. The van der Waals surface area contributed by atoms with Crippen LogP contribution in [0, 0.1) is 24.7 Å². The van der Waals surface area contributed by atoms with Crippen LogP contribution in [0.25, 0.3) is 0 Å². The molecule has 6 nitrogen and oxygen atoms in total. The first-order valence-corrected chi connectivity index (χ1v) is 8.72. The van der Waals surface area contributed by atoms with E-state index in [2.05, 4.69) is 17.2 Å². The third kappa shape index (κ3) is 9.79. The molecule has 0 aliphatic heterocycles. The summed E-state index contributed by atoms with van der Waals surface area (Å²) in [7, 11) is 1.63. The van der Waals surface area contributed by atoms with Crippen molar-refractivity contribution < 1.29 is 23.7 Å². The summed E-state index contributed by atoms with van der Waals surface area (Å²) in [5.74, 6) is 4.74. The number of rotatable bonds is 13. The van der Waals surface area contributed by atoms with Crippen molar-refractivity contribution in [3.8, 4) is 24.7 Å². The van der Waals surface area contributed by atoms with Gasteiger partial charge >= 0.3 is 0 Å². The first-order valence-electron chi connectivity index (χ1n) is 8.72. The van der Waals surface area contributed by atoms with Gasteiger partial charge in [-0.3, -0.25) is 4.79 Å². The highest BCUT2D eigenvalue weighted by Crippen LogP contribution is 2.09. The van der Waals surface area contributed by atoms with Crippen molar-refractivity contribution in [3.63, 3.8) is 0 Å². The van der Waals surface area contributed by atoms with E-state index in [0.29, 0.717) is 62.9 Å². The zero-order chi connectivity index (χ0) is 19.9. The molecule has 0 fully saturated rings. The Bertz CT molecular complexity index is 627. The predicted octanol–water partition coefficient (Wildman–Crippen LogP) is 1.46. The van der Waals surface area contributed by atoms with Crippen LogP contribution in [-0.2, 0) is 18.9 Å². The fourth-order valence-corrected chi connectivity index (χ4v) is 2.12. The topological polar surface area (TPSA) is 66.0 Å². The van der Waals surface area contributed by atoms with Crippen LogP contribution in [0.3, 0.4) is 0 Å². The third-order valence-corrected chi connectivity index (χ3v) is 3.45. The fourth-order valence-electron chi connectivity index (χ4n) is 2.12. The first-order chi connectivity index (χ1) is 13.1. The molecule has 27 heavy (non-hydrogen) atoms. The van der Waals surface area contributed by atoms with Gasteiger partial charge in [-0.25, -0.2) is 0 Å². The lowest BCUT2D eigenvalue weighted by Gasteiger charge is -2.15. The largest absolute Gasteiger partial charge is 0.382 e. The second kappa shape index (κ2) is 13.8. The molecule has 0 spiro atoms. The van der Waals surface area contributed by atoms with E-state index < -0.39 is 0 Å². The summed E-state index contributed by atoms with van der Waals surface area (Å²) in [6.07, 6.45) is 10.8. The van der Waals surface area contributed by atoms with Gasteiger partial charge in [-0.2, -0.15) is 0 Å². The number of ether oxygens (including phenoxy) is 4. The molecule has 0 bridgehead atoms. The molecule has 0 aliphatic carbocycles.